The van der Waals surface area contributed by atoms with Crippen molar-refractivity contribution in [2.75, 3.05) is 4.90 Å². The minimum atomic E-state index is -0.0829. The van der Waals surface area contributed by atoms with E-state index >= 15 is 0 Å². The third-order valence-corrected chi connectivity index (χ3v) is 11.8. The van der Waals surface area contributed by atoms with Crippen molar-refractivity contribution in [2.24, 2.45) is 0 Å². The van der Waals surface area contributed by atoms with Crippen LogP contribution in [0.25, 0.3) is 76.9 Å². The van der Waals surface area contributed by atoms with E-state index in [-0.39, 0.29) is 5.41 Å². The lowest BCUT2D eigenvalue weighted by Gasteiger charge is -2.30. The van der Waals surface area contributed by atoms with E-state index in [9.17, 15) is 0 Å². The van der Waals surface area contributed by atoms with Gasteiger partial charge in [0.15, 0.2) is 0 Å². The average molecular weight is 704 g/mol. The Labute approximate surface area is 320 Å². The number of anilines is 3. The van der Waals surface area contributed by atoms with Gasteiger partial charge in [-0.1, -0.05) is 153 Å². The van der Waals surface area contributed by atoms with Crippen molar-refractivity contribution in [3.05, 3.63) is 199 Å². The number of para-hydroxylation sites is 1. The van der Waals surface area contributed by atoms with Crippen molar-refractivity contribution in [1.29, 1.82) is 0 Å². The molecule has 11 rings (SSSR count). The zero-order valence-corrected chi connectivity index (χ0v) is 30.8. The van der Waals surface area contributed by atoms with Gasteiger partial charge in [-0.05, 0) is 109 Å². The maximum absolute atomic E-state index is 6.45. The highest BCUT2D eigenvalue weighted by Crippen LogP contribution is 2.53. The highest BCUT2D eigenvalue weighted by molar-refractivity contribution is 6.15. The molecular formula is C53H37NO. The molecule has 1 aliphatic carbocycles. The van der Waals surface area contributed by atoms with Crippen LogP contribution in [0, 0.1) is 0 Å². The molecule has 1 heterocycles. The number of benzene rings is 9. The molecule has 260 valence electrons. The third-order valence-electron chi connectivity index (χ3n) is 11.8. The van der Waals surface area contributed by atoms with Crippen LogP contribution in [-0.4, -0.2) is 0 Å². The normalized spacial score (nSPS) is 13.1. The third kappa shape index (κ3) is 4.88. The summed E-state index contributed by atoms with van der Waals surface area (Å²) in [5.41, 5.74) is 15.0. The molecule has 0 amide bonds. The van der Waals surface area contributed by atoms with Gasteiger partial charge in [-0.15, -0.1) is 0 Å². The molecule has 0 atom stereocenters. The van der Waals surface area contributed by atoms with Crippen LogP contribution in [0.3, 0.4) is 0 Å². The summed E-state index contributed by atoms with van der Waals surface area (Å²) in [6.07, 6.45) is 0. The van der Waals surface area contributed by atoms with Crippen molar-refractivity contribution in [1.82, 2.24) is 0 Å². The van der Waals surface area contributed by atoms with Crippen LogP contribution in [0.4, 0.5) is 17.1 Å². The number of hydrogen-bond acceptors (Lipinski definition) is 2. The van der Waals surface area contributed by atoms with Gasteiger partial charge in [0.1, 0.15) is 11.2 Å². The van der Waals surface area contributed by atoms with Gasteiger partial charge < -0.3 is 9.32 Å². The Morgan fingerprint density at radius 2 is 1.02 bits per heavy atom. The van der Waals surface area contributed by atoms with E-state index in [1.807, 2.05) is 6.07 Å². The molecule has 2 heteroatoms. The van der Waals surface area contributed by atoms with Gasteiger partial charge in [0, 0.05) is 33.1 Å². The fourth-order valence-corrected chi connectivity index (χ4v) is 9.19. The van der Waals surface area contributed by atoms with E-state index in [0.29, 0.717) is 0 Å². The highest BCUT2D eigenvalue weighted by Gasteiger charge is 2.36. The topological polar surface area (TPSA) is 16.4 Å². The van der Waals surface area contributed by atoms with Gasteiger partial charge in [0.2, 0.25) is 0 Å². The molecule has 0 fully saturated rings. The van der Waals surface area contributed by atoms with Crippen LogP contribution < -0.4 is 4.90 Å². The molecule has 0 radical (unpaired) electrons. The highest BCUT2D eigenvalue weighted by atomic mass is 16.3. The largest absolute Gasteiger partial charge is 0.456 e. The van der Waals surface area contributed by atoms with E-state index in [1.54, 1.807) is 0 Å². The monoisotopic (exact) mass is 703 g/mol. The predicted molar refractivity (Wildman–Crippen MR) is 232 cm³/mol. The molecule has 2 nitrogen and oxygen atoms in total. The molecule has 0 unspecified atom stereocenters. The van der Waals surface area contributed by atoms with Crippen LogP contribution in [-0.2, 0) is 5.41 Å². The van der Waals surface area contributed by atoms with Gasteiger partial charge in [-0.2, -0.15) is 0 Å². The summed E-state index contributed by atoms with van der Waals surface area (Å²) in [6.45, 7) is 4.69. The molecule has 10 aromatic rings. The molecular weight excluding hydrogens is 667 g/mol. The van der Waals surface area contributed by atoms with Crippen LogP contribution in [0.15, 0.2) is 192 Å². The summed E-state index contributed by atoms with van der Waals surface area (Å²) in [5.74, 6) is 0. The Hall–Kier alpha value is -6.90. The van der Waals surface area contributed by atoms with Crippen molar-refractivity contribution in [3.8, 4) is 33.4 Å². The van der Waals surface area contributed by atoms with Gasteiger partial charge in [-0.25, -0.2) is 0 Å². The Morgan fingerprint density at radius 3 is 1.87 bits per heavy atom. The summed E-state index contributed by atoms with van der Waals surface area (Å²) in [4.78, 5) is 2.47. The Kier molecular flexibility index (Phi) is 6.93. The Morgan fingerprint density at radius 1 is 0.418 bits per heavy atom. The second-order valence-electron chi connectivity index (χ2n) is 15.3. The first kappa shape index (κ1) is 31.6. The van der Waals surface area contributed by atoms with E-state index in [1.165, 1.54) is 49.4 Å². The zero-order chi connectivity index (χ0) is 36.7. The lowest BCUT2D eigenvalue weighted by molar-refractivity contribution is 0.660. The summed E-state index contributed by atoms with van der Waals surface area (Å²) in [5, 5.41) is 7.11. The number of furan rings is 1. The molecule has 0 saturated carbocycles. The lowest BCUT2D eigenvalue weighted by Crippen LogP contribution is -2.15. The van der Waals surface area contributed by atoms with Crippen LogP contribution in [0.1, 0.15) is 25.0 Å². The van der Waals surface area contributed by atoms with E-state index in [0.717, 1.165) is 55.7 Å². The summed E-state index contributed by atoms with van der Waals surface area (Å²) in [7, 11) is 0. The standard InChI is InChI=1S/C53H37NO/c1-53(2)46-21-9-7-17-41(46)45-33-40(29-30-47(45)53)54(39-28-27-35-14-4-6-16-37(35)32-39)48-22-11-19-42(51(48)38-26-25-34-13-3-5-15-36(34)31-38)43-20-12-24-50-52(43)44-18-8-10-23-49(44)55-50/h3-33H,1-2H3. The number of hydrogen-bond donors (Lipinski definition) is 0. The fraction of sp³-hybridized carbons (Fsp3) is 0.0566. The maximum Gasteiger partial charge on any atom is 0.136 e. The minimum Gasteiger partial charge on any atom is -0.456 e. The van der Waals surface area contributed by atoms with Crippen molar-refractivity contribution >= 4 is 60.5 Å². The first-order valence-electron chi connectivity index (χ1n) is 19.1. The molecule has 0 spiro atoms. The Bertz CT molecular complexity index is 3150. The predicted octanol–water partition coefficient (Wildman–Crippen LogP) is 15.0. The second-order valence-corrected chi connectivity index (χ2v) is 15.3. The number of rotatable bonds is 5. The summed E-state index contributed by atoms with van der Waals surface area (Å²) >= 11 is 0. The molecule has 9 aromatic carbocycles. The SMILES string of the molecule is CC1(C)c2ccccc2-c2cc(N(c3ccc4ccccc4c3)c3cccc(-c4cccc5oc6ccccc6c45)c3-c3ccc4ccccc4c3)ccc21. The summed E-state index contributed by atoms with van der Waals surface area (Å²) in [6, 6.07) is 68.7. The molecule has 1 aromatic heterocycles. The first-order valence-corrected chi connectivity index (χ1v) is 19.1. The lowest BCUT2D eigenvalue weighted by atomic mass is 9.82. The Balaban J connectivity index is 1.24. The van der Waals surface area contributed by atoms with Crippen molar-refractivity contribution in [3.63, 3.8) is 0 Å². The fourth-order valence-electron chi connectivity index (χ4n) is 9.19. The van der Waals surface area contributed by atoms with Crippen LogP contribution >= 0.6 is 0 Å². The van der Waals surface area contributed by atoms with Crippen molar-refractivity contribution < 1.29 is 4.42 Å². The molecule has 55 heavy (non-hydrogen) atoms. The molecule has 1 aliphatic rings. The summed E-state index contributed by atoms with van der Waals surface area (Å²) < 4.78 is 6.45. The van der Waals surface area contributed by atoms with Gasteiger partial charge >= 0.3 is 0 Å². The zero-order valence-electron chi connectivity index (χ0n) is 30.8. The quantitative estimate of drug-likeness (QED) is 0.177. The van der Waals surface area contributed by atoms with E-state index in [4.69, 9.17) is 4.42 Å². The smallest absolute Gasteiger partial charge is 0.136 e. The van der Waals surface area contributed by atoms with Crippen LogP contribution in [0.5, 0.6) is 0 Å². The second kappa shape index (κ2) is 12.1. The number of nitrogens with zero attached hydrogens (tertiary/aromatic N) is 1. The molecule has 0 saturated heterocycles. The van der Waals surface area contributed by atoms with Crippen molar-refractivity contribution in [2.45, 2.75) is 19.3 Å². The first-order chi connectivity index (χ1) is 27.0. The van der Waals surface area contributed by atoms with Gasteiger partial charge in [-0.3, -0.25) is 0 Å². The van der Waals surface area contributed by atoms with Gasteiger partial charge in [0.05, 0.1) is 5.69 Å². The average Bonchev–Trinajstić information content (AvgIpc) is 3.72. The van der Waals surface area contributed by atoms with E-state index in [2.05, 4.69) is 201 Å². The molecule has 0 aliphatic heterocycles. The maximum atomic E-state index is 6.45. The van der Waals surface area contributed by atoms with Crippen LogP contribution in [0.2, 0.25) is 0 Å². The molecule has 0 N–H and O–H groups in total. The van der Waals surface area contributed by atoms with Gasteiger partial charge in [0.25, 0.3) is 0 Å². The molecule has 0 bridgehead atoms. The minimum absolute atomic E-state index is 0.0829. The van der Waals surface area contributed by atoms with E-state index < -0.39 is 0 Å². The number of fused-ring (bicyclic) bond motifs is 8.